The van der Waals surface area contributed by atoms with Crippen molar-refractivity contribution in [2.24, 2.45) is 0 Å². The molecule has 34 heavy (non-hydrogen) atoms. The molecule has 5 rings (SSSR count). The molecule has 1 aliphatic rings. The van der Waals surface area contributed by atoms with Crippen LogP contribution in [0.25, 0.3) is 21.5 Å². The summed E-state index contributed by atoms with van der Waals surface area (Å²) in [7, 11) is 2.14. The van der Waals surface area contributed by atoms with E-state index in [1.165, 1.54) is 11.8 Å². The number of aromatic hydroxyl groups is 2. The van der Waals surface area contributed by atoms with E-state index >= 15 is 0 Å². The number of phenols is 2. The standard InChI is InChI=1S/C16H18N2O2.C11H7BrO2/c1-17-6-8-18(9-7-17)13-3-4-14-12(10-13)2-5-16(20)15(14)11-19;12-8-2-3-9-7(5-8)1-4-11(14)10(9)6-13/h2-5,10-11,20H,6-9H2,1H3;1-6,14H. The minimum Gasteiger partial charge on any atom is -0.507 e. The van der Waals surface area contributed by atoms with Crippen LogP contribution in [0.4, 0.5) is 5.69 Å². The average Bonchev–Trinajstić information content (AvgIpc) is 2.85. The number of aldehydes is 2. The Kier molecular flexibility index (Phi) is 7.14. The number of halogens is 1. The molecule has 7 heteroatoms. The maximum Gasteiger partial charge on any atom is 0.154 e. The van der Waals surface area contributed by atoms with Gasteiger partial charge in [0.05, 0.1) is 11.1 Å². The summed E-state index contributed by atoms with van der Waals surface area (Å²) in [6.07, 6.45) is 1.39. The van der Waals surface area contributed by atoms with Crippen LogP contribution in [0.2, 0.25) is 0 Å². The second-order valence-electron chi connectivity index (χ2n) is 8.29. The van der Waals surface area contributed by atoms with Gasteiger partial charge in [0, 0.05) is 36.3 Å². The van der Waals surface area contributed by atoms with Crippen LogP contribution in [-0.2, 0) is 0 Å². The number of carbonyl (C=O) groups is 2. The molecule has 0 radical (unpaired) electrons. The Balaban J connectivity index is 0.000000172. The van der Waals surface area contributed by atoms with Crippen molar-refractivity contribution in [3.63, 3.8) is 0 Å². The highest BCUT2D eigenvalue weighted by Crippen LogP contribution is 2.30. The van der Waals surface area contributed by atoms with Crippen LogP contribution in [0.15, 0.2) is 65.1 Å². The fourth-order valence-electron chi connectivity index (χ4n) is 4.15. The van der Waals surface area contributed by atoms with Gasteiger partial charge in [0.25, 0.3) is 0 Å². The first-order valence-corrected chi connectivity index (χ1v) is 11.7. The van der Waals surface area contributed by atoms with Gasteiger partial charge in [-0.15, -0.1) is 0 Å². The molecular formula is C27H25BrN2O4. The minimum absolute atomic E-state index is 0.0230. The topological polar surface area (TPSA) is 81.1 Å². The Hall–Kier alpha value is -3.42. The van der Waals surface area contributed by atoms with Crippen molar-refractivity contribution < 1.29 is 19.8 Å². The lowest BCUT2D eigenvalue weighted by Crippen LogP contribution is -2.44. The zero-order valence-electron chi connectivity index (χ0n) is 18.7. The summed E-state index contributed by atoms with van der Waals surface area (Å²) in [6, 6.07) is 18.3. The van der Waals surface area contributed by atoms with Crippen LogP contribution in [0.1, 0.15) is 20.7 Å². The highest BCUT2D eigenvalue weighted by molar-refractivity contribution is 9.10. The number of benzene rings is 4. The highest BCUT2D eigenvalue weighted by Gasteiger charge is 2.15. The molecule has 1 heterocycles. The van der Waals surface area contributed by atoms with E-state index in [1.54, 1.807) is 12.1 Å². The number of hydrogen-bond donors (Lipinski definition) is 2. The van der Waals surface area contributed by atoms with Crippen molar-refractivity contribution in [3.8, 4) is 11.5 Å². The zero-order valence-corrected chi connectivity index (χ0v) is 20.3. The number of carbonyl (C=O) groups excluding carboxylic acids is 2. The second kappa shape index (κ2) is 10.2. The normalized spacial score (nSPS) is 14.0. The van der Waals surface area contributed by atoms with E-state index in [0.29, 0.717) is 23.7 Å². The molecule has 4 aromatic carbocycles. The summed E-state index contributed by atoms with van der Waals surface area (Å²) in [5.41, 5.74) is 1.88. The lowest BCUT2D eigenvalue weighted by Gasteiger charge is -2.34. The van der Waals surface area contributed by atoms with Gasteiger partial charge < -0.3 is 20.0 Å². The minimum atomic E-state index is 0.0230. The summed E-state index contributed by atoms with van der Waals surface area (Å²) in [4.78, 5) is 26.5. The first-order chi connectivity index (χ1) is 16.4. The van der Waals surface area contributed by atoms with Crippen molar-refractivity contribution in [3.05, 3.63) is 76.3 Å². The van der Waals surface area contributed by atoms with Crippen LogP contribution < -0.4 is 4.90 Å². The van der Waals surface area contributed by atoms with Gasteiger partial charge in [-0.2, -0.15) is 0 Å². The van der Waals surface area contributed by atoms with Gasteiger partial charge in [-0.05, 0) is 65.0 Å². The van der Waals surface area contributed by atoms with Crippen molar-refractivity contribution in [2.45, 2.75) is 0 Å². The lowest BCUT2D eigenvalue weighted by atomic mass is 10.0. The van der Waals surface area contributed by atoms with Crippen molar-refractivity contribution in [2.75, 3.05) is 38.1 Å². The Morgan fingerprint density at radius 1 is 0.735 bits per heavy atom. The molecule has 0 saturated carbocycles. The first-order valence-electron chi connectivity index (χ1n) is 10.9. The van der Waals surface area contributed by atoms with Crippen molar-refractivity contribution >= 4 is 55.7 Å². The Labute approximate surface area is 206 Å². The van der Waals surface area contributed by atoms with E-state index in [4.69, 9.17) is 0 Å². The number of rotatable bonds is 3. The molecule has 1 fully saturated rings. The Morgan fingerprint density at radius 3 is 1.82 bits per heavy atom. The van der Waals surface area contributed by atoms with Gasteiger partial charge >= 0.3 is 0 Å². The number of hydrogen-bond acceptors (Lipinski definition) is 6. The molecule has 0 unspecified atom stereocenters. The highest BCUT2D eigenvalue weighted by atomic mass is 79.9. The van der Waals surface area contributed by atoms with E-state index in [-0.39, 0.29) is 11.5 Å². The monoisotopic (exact) mass is 520 g/mol. The molecule has 0 atom stereocenters. The molecule has 174 valence electrons. The predicted octanol–water partition coefficient (Wildman–Crippen LogP) is 5.23. The summed E-state index contributed by atoms with van der Waals surface area (Å²) in [5, 5.41) is 22.6. The van der Waals surface area contributed by atoms with Gasteiger partial charge in [0.1, 0.15) is 11.5 Å². The summed E-state index contributed by atoms with van der Waals surface area (Å²) < 4.78 is 0.951. The van der Waals surface area contributed by atoms with E-state index in [0.717, 1.165) is 52.2 Å². The number of likely N-dealkylation sites (N-methyl/N-ethyl adjacent to an activating group) is 1. The number of phenolic OH excluding ortho intramolecular Hbond substituents is 2. The molecule has 1 aliphatic heterocycles. The first kappa shape index (κ1) is 23.7. The van der Waals surface area contributed by atoms with Gasteiger partial charge in [-0.3, -0.25) is 9.59 Å². The summed E-state index contributed by atoms with van der Waals surface area (Å²) >= 11 is 3.35. The third-order valence-electron chi connectivity index (χ3n) is 6.13. The Morgan fingerprint density at radius 2 is 1.26 bits per heavy atom. The third kappa shape index (κ3) is 4.90. The zero-order chi connectivity index (χ0) is 24.2. The van der Waals surface area contributed by atoms with Crippen LogP contribution in [0.3, 0.4) is 0 Å². The van der Waals surface area contributed by atoms with Crippen molar-refractivity contribution in [1.29, 1.82) is 0 Å². The molecule has 6 nitrogen and oxygen atoms in total. The van der Waals surface area contributed by atoms with E-state index in [9.17, 15) is 19.8 Å². The van der Waals surface area contributed by atoms with Crippen LogP contribution >= 0.6 is 15.9 Å². The lowest BCUT2D eigenvalue weighted by molar-refractivity contribution is 0.111. The second-order valence-corrected chi connectivity index (χ2v) is 9.21. The van der Waals surface area contributed by atoms with Crippen LogP contribution in [-0.4, -0.2) is 60.9 Å². The largest absolute Gasteiger partial charge is 0.507 e. The van der Waals surface area contributed by atoms with Crippen LogP contribution in [0, 0.1) is 0 Å². The van der Waals surface area contributed by atoms with Crippen molar-refractivity contribution in [1.82, 2.24) is 4.90 Å². The average molecular weight is 521 g/mol. The number of nitrogens with zero attached hydrogens (tertiary/aromatic N) is 2. The third-order valence-corrected chi connectivity index (χ3v) is 6.62. The number of anilines is 1. The molecule has 4 aromatic rings. The van der Waals surface area contributed by atoms with Gasteiger partial charge in [0.15, 0.2) is 12.6 Å². The molecule has 1 saturated heterocycles. The molecule has 0 aliphatic carbocycles. The molecule has 2 N–H and O–H groups in total. The summed E-state index contributed by atoms with van der Waals surface area (Å²) in [5.74, 6) is 0.0645. The van der Waals surface area contributed by atoms with Gasteiger partial charge in [-0.1, -0.05) is 40.2 Å². The summed E-state index contributed by atoms with van der Waals surface area (Å²) in [6.45, 7) is 4.15. The molecular weight excluding hydrogens is 496 g/mol. The molecule has 0 spiro atoms. The maximum atomic E-state index is 11.1. The fraction of sp³-hybridized carbons (Fsp3) is 0.185. The van der Waals surface area contributed by atoms with Crippen LogP contribution in [0.5, 0.6) is 11.5 Å². The van der Waals surface area contributed by atoms with E-state index < -0.39 is 0 Å². The maximum absolute atomic E-state index is 11.1. The smallest absolute Gasteiger partial charge is 0.154 e. The van der Waals surface area contributed by atoms with Gasteiger partial charge in [-0.25, -0.2) is 0 Å². The quantitative estimate of drug-likeness (QED) is 0.360. The molecule has 0 bridgehead atoms. The van der Waals surface area contributed by atoms with E-state index in [1.807, 2.05) is 36.4 Å². The van der Waals surface area contributed by atoms with E-state index in [2.05, 4.69) is 38.8 Å². The van der Waals surface area contributed by atoms with Gasteiger partial charge in [0.2, 0.25) is 0 Å². The molecule has 0 amide bonds. The predicted molar refractivity (Wildman–Crippen MR) is 139 cm³/mol. The molecule has 0 aromatic heterocycles. The number of piperazine rings is 1. The fourth-order valence-corrected chi connectivity index (χ4v) is 4.53. The Bertz CT molecular complexity index is 1360. The SMILES string of the molecule is CN1CCN(c2ccc3c(C=O)c(O)ccc3c2)CC1.O=Cc1c(O)ccc2cc(Br)ccc12. The number of fused-ring (bicyclic) bond motifs is 2.